The van der Waals surface area contributed by atoms with E-state index in [9.17, 15) is 4.79 Å². The van der Waals surface area contributed by atoms with E-state index in [-0.39, 0.29) is 12.1 Å². The number of carbonyl (C=O) groups excluding carboxylic acids is 1. The third-order valence-corrected chi connectivity index (χ3v) is 4.20. The van der Waals surface area contributed by atoms with Crippen LogP contribution in [-0.4, -0.2) is 33.1 Å². The van der Waals surface area contributed by atoms with Gasteiger partial charge < -0.3 is 10.1 Å². The lowest BCUT2D eigenvalue weighted by atomic mass is 10.2. The van der Waals surface area contributed by atoms with E-state index in [1.54, 1.807) is 17.3 Å². The van der Waals surface area contributed by atoms with Gasteiger partial charge in [0.25, 0.3) is 0 Å². The van der Waals surface area contributed by atoms with Gasteiger partial charge in [-0.15, -0.1) is 0 Å². The van der Waals surface area contributed by atoms with E-state index in [1.807, 2.05) is 30.5 Å². The topological polar surface area (TPSA) is 80.2 Å². The molecular formula is C15H13N5O2S. The minimum absolute atomic E-state index is 0.0104. The van der Waals surface area contributed by atoms with Gasteiger partial charge in [-0.05, 0) is 36.7 Å². The molecule has 1 fully saturated rings. The van der Waals surface area contributed by atoms with Crippen LogP contribution in [0, 0.1) is 0 Å². The number of hydrogen-bond donors (Lipinski definition) is 1. The van der Waals surface area contributed by atoms with Crippen LogP contribution in [0.5, 0.6) is 0 Å². The molecule has 8 heteroatoms. The maximum atomic E-state index is 11.9. The molecule has 1 N–H and O–H groups in total. The number of aromatic nitrogens is 3. The Hall–Kier alpha value is -2.74. The third-order valence-electron chi connectivity index (χ3n) is 3.62. The molecule has 7 nitrogen and oxygen atoms in total. The monoisotopic (exact) mass is 327 g/mol. The van der Waals surface area contributed by atoms with Gasteiger partial charge in [0.1, 0.15) is 6.61 Å². The molecule has 1 atom stereocenters. The molecule has 3 aromatic rings. The average molecular weight is 327 g/mol. The fraction of sp³-hybridized carbons (Fsp3) is 0.200. The number of amides is 1. The number of nitrogens with one attached hydrogen (secondary N) is 1. The van der Waals surface area contributed by atoms with Crippen molar-refractivity contribution >= 4 is 45.9 Å². The largest absolute Gasteiger partial charge is 0.447 e. The maximum Gasteiger partial charge on any atom is 0.414 e. The summed E-state index contributed by atoms with van der Waals surface area (Å²) >= 11 is 1.36. The summed E-state index contributed by atoms with van der Waals surface area (Å²) in [6.07, 6.45) is 3.14. The lowest BCUT2D eigenvalue weighted by Crippen LogP contribution is -2.30. The van der Waals surface area contributed by atoms with Gasteiger partial charge in [-0.1, -0.05) is 0 Å². The minimum atomic E-state index is -0.325. The number of hydrogen-bond acceptors (Lipinski definition) is 7. The summed E-state index contributed by atoms with van der Waals surface area (Å²) in [4.78, 5) is 22.3. The summed E-state index contributed by atoms with van der Waals surface area (Å²) in [6, 6.07) is 5.66. The Morgan fingerprint density at radius 2 is 2.30 bits per heavy atom. The normalized spacial score (nSPS) is 17.5. The van der Waals surface area contributed by atoms with Gasteiger partial charge in [-0.2, -0.15) is 4.37 Å². The van der Waals surface area contributed by atoms with E-state index in [2.05, 4.69) is 19.7 Å². The Balaban J connectivity index is 1.70. The molecule has 1 aliphatic heterocycles. The van der Waals surface area contributed by atoms with Gasteiger partial charge >= 0.3 is 6.09 Å². The van der Waals surface area contributed by atoms with Crippen LogP contribution in [0.25, 0.3) is 10.9 Å². The Labute approximate surface area is 136 Å². The average Bonchev–Trinajstić information content (AvgIpc) is 3.17. The van der Waals surface area contributed by atoms with Crippen LogP contribution >= 0.6 is 11.5 Å². The number of rotatable bonds is 3. The molecule has 3 heterocycles. The highest BCUT2D eigenvalue weighted by Gasteiger charge is 2.30. The van der Waals surface area contributed by atoms with Gasteiger partial charge in [-0.3, -0.25) is 4.90 Å². The molecule has 4 rings (SSSR count). The summed E-state index contributed by atoms with van der Waals surface area (Å²) in [7, 11) is 0. The molecule has 0 radical (unpaired) electrons. The molecule has 1 amide bonds. The molecule has 1 aromatic carbocycles. The van der Waals surface area contributed by atoms with Crippen molar-refractivity contribution in [2.75, 3.05) is 16.8 Å². The lowest BCUT2D eigenvalue weighted by Gasteiger charge is -2.18. The predicted octanol–water partition coefficient (Wildman–Crippen LogP) is 3.18. The zero-order valence-electron chi connectivity index (χ0n) is 12.3. The molecule has 116 valence electrons. The number of benzene rings is 1. The fourth-order valence-electron chi connectivity index (χ4n) is 2.49. The number of ether oxygens (including phenoxy) is 1. The quantitative estimate of drug-likeness (QED) is 0.796. The molecule has 0 spiro atoms. The van der Waals surface area contributed by atoms with Crippen LogP contribution in [0.1, 0.15) is 6.92 Å². The predicted molar refractivity (Wildman–Crippen MR) is 88.2 cm³/mol. The molecule has 0 aliphatic carbocycles. The van der Waals surface area contributed by atoms with Crippen molar-refractivity contribution in [2.24, 2.45) is 0 Å². The Bertz CT molecular complexity index is 867. The summed E-state index contributed by atoms with van der Waals surface area (Å²) in [5, 5.41) is 5.89. The highest BCUT2D eigenvalue weighted by Crippen LogP contribution is 2.26. The van der Waals surface area contributed by atoms with Gasteiger partial charge in [0.2, 0.25) is 5.95 Å². The van der Waals surface area contributed by atoms with Gasteiger partial charge in [-0.25, -0.2) is 14.8 Å². The minimum Gasteiger partial charge on any atom is -0.447 e. The summed E-state index contributed by atoms with van der Waals surface area (Å²) < 4.78 is 9.10. The molecule has 23 heavy (non-hydrogen) atoms. The van der Waals surface area contributed by atoms with E-state index in [4.69, 9.17) is 4.74 Å². The van der Waals surface area contributed by atoms with Crippen molar-refractivity contribution in [1.82, 2.24) is 14.3 Å². The Kier molecular flexibility index (Phi) is 3.30. The molecule has 0 bridgehead atoms. The van der Waals surface area contributed by atoms with Crippen LogP contribution in [0.15, 0.2) is 36.0 Å². The van der Waals surface area contributed by atoms with E-state index in [0.717, 1.165) is 22.3 Å². The van der Waals surface area contributed by atoms with Gasteiger partial charge in [0.05, 0.1) is 23.4 Å². The van der Waals surface area contributed by atoms with Crippen LogP contribution in [-0.2, 0) is 4.74 Å². The van der Waals surface area contributed by atoms with Crippen LogP contribution in [0.4, 0.5) is 22.1 Å². The fourth-order valence-corrected chi connectivity index (χ4v) is 2.96. The van der Waals surface area contributed by atoms with Gasteiger partial charge in [0, 0.05) is 22.7 Å². The highest BCUT2D eigenvalue weighted by molar-refractivity contribution is 7.04. The number of carbonyl (C=O) groups is 1. The zero-order chi connectivity index (χ0) is 15.8. The number of cyclic esters (lactones) is 1. The molecular weight excluding hydrogens is 314 g/mol. The molecule has 1 aliphatic rings. The maximum absolute atomic E-state index is 11.9. The smallest absolute Gasteiger partial charge is 0.414 e. The van der Waals surface area contributed by atoms with Crippen molar-refractivity contribution < 1.29 is 9.53 Å². The van der Waals surface area contributed by atoms with Crippen molar-refractivity contribution in [3.63, 3.8) is 0 Å². The molecule has 0 saturated carbocycles. The van der Waals surface area contributed by atoms with Crippen LogP contribution < -0.4 is 10.2 Å². The first-order chi connectivity index (χ1) is 11.2. The first kappa shape index (κ1) is 13.9. The van der Waals surface area contributed by atoms with Crippen LogP contribution in [0.3, 0.4) is 0 Å². The molecule has 1 saturated heterocycles. The number of nitrogens with zero attached hydrogens (tertiary/aromatic N) is 4. The van der Waals surface area contributed by atoms with Gasteiger partial charge in [0.15, 0.2) is 0 Å². The summed E-state index contributed by atoms with van der Waals surface area (Å²) in [6.45, 7) is 2.35. The second-order valence-corrected chi connectivity index (χ2v) is 5.93. The lowest BCUT2D eigenvalue weighted by molar-refractivity contribution is 0.179. The third kappa shape index (κ3) is 2.57. The Morgan fingerprint density at radius 3 is 3.04 bits per heavy atom. The van der Waals surface area contributed by atoms with Crippen molar-refractivity contribution in [1.29, 1.82) is 0 Å². The second-order valence-electron chi connectivity index (χ2n) is 5.27. The van der Waals surface area contributed by atoms with Crippen molar-refractivity contribution in [2.45, 2.75) is 13.0 Å². The highest BCUT2D eigenvalue weighted by atomic mass is 32.1. The van der Waals surface area contributed by atoms with Crippen molar-refractivity contribution in [3.8, 4) is 0 Å². The molecule has 0 unspecified atom stereocenters. The second kappa shape index (κ2) is 5.47. The van der Waals surface area contributed by atoms with Crippen molar-refractivity contribution in [3.05, 3.63) is 36.0 Å². The first-order valence-corrected chi connectivity index (χ1v) is 7.93. The zero-order valence-corrected chi connectivity index (χ0v) is 13.1. The summed E-state index contributed by atoms with van der Waals surface area (Å²) in [5.74, 6) is 0.492. The van der Waals surface area contributed by atoms with Crippen LogP contribution in [0.2, 0.25) is 0 Å². The van der Waals surface area contributed by atoms with E-state index >= 15 is 0 Å². The number of fused-ring (bicyclic) bond motifs is 1. The summed E-state index contributed by atoms with van der Waals surface area (Å²) in [5.41, 5.74) is 2.38. The molecule has 2 aromatic heterocycles. The number of anilines is 3. The standard InChI is InChI=1S/C15H13N5O2S/c1-9-7-22-15(21)20(9)12-3-2-10-5-16-14(19-13(10)4-12)18-11-6-17-23-8-11/h2-6,8-9H,7H2,1H3,(H,16,18,19)/t9-/m0/s1. The SMILES string of the molecule is C[C@H]1COC(=O)N1c1ccc2cnc(Nc3cnsc3)nc2c1. The van der Waals surface area contributed by atoms with E-state index in [0.29, 0.717) is 12.6 Å². The Morgan fingerprint density at radius 1 is 1.39 bits per heavy atom. The van der Waals surface area contributed by atoms with E-state index in [1.165, 1.54) is 11.5 Å². The van der Waals surface area contributed by atoms with E-state index < -0.39 is 0 Å². The first-order valence-electron chi connectivity index (χ1n) is 7.10.